The highest BCUT2D eigenvalue weighted by Gasteiger charge is 2.19. The van der Waals surface area contributed by atoms with Crippen molar-refractivity contribution in [2.75, 3.05) is 7.11 Å². The van der Waals surface area contributed by atoms with Crippen LogP contribution in [-0.2, 0) is 10.6 Å². The molecule has 0 bridgehead atoms. The van der Waals surface area contributed by atoms with Crippen LogP contribution in [-0.4, -0.2) is 13.1 Å². The fourth-order valence-corrected chi connectivity index (χ4v) is 1.60. The number of nitriles is 1. The second-order valence-corrected chi connectivity index (χ2v) is 3.37. The number of ether oxygens (including phenoxy) is 1. The van der Waals surface area contributed by atoms with Gasteiger partial charge in [-0.2, -0.15) is 5.26 Å². The van der Waals surface area contributed by atoms with Crippen LogP contribution in [0.2, 0.25) is 5.02 Å². The maximum atomic E-state index is 11.4. The Morgan fingerprint density at radius 3 is 2.73 bits per heavy atom. The molecule has 78 valence electrons. The van der Waals surface area contributed by atoms with Gasteiger partial charge in [0.15, 0.2) is 0 Å². The van der Waals surface area contributed by atoms with Gasteiger partial charge in [0.1, 0.15) is 6.07 Å². The minimum Gasteiger partial charge on any atom is -0.465 e. The first-order chi connectivity index (χ1) is 7.15. The predicted octanol–water partition coefficient (Wildman–Crippen LogP) is 2.74. The van der Waals surface area contributed by atoms with Gasteiger partial charge in [-0.25, -0.2) is 4.79 Å². The van der Waals surface area contributed by atoms with E-state index in [9.17, 15) is 4.79 Å². The van der Waals surface area contributed by atoms with Crippen molar-refractivity contribution < 1.29 is 9.53 Å². The van der Waals surface area contributed by atoms with Crippen molar-refractivity contribution >= 4 is 29.2 Å². The molecule has 0 atom stereocenters. The molecule has 0 saturated carbocycles. The lowest BCUT2D eigenvalue weighted by Gasteiger charge is -2.08. The molecule has 15 heavy (non-hydrogen) atoms. The average molecular weight is 244 g/mol. The van der Waals surface area contributed by atoms with Crippen LogP contribution >= 0.6 is 23.2 Å². The van der Waals surface area contributed by atoms with Gasteiger partial charge in [0, 0.05) is 5.88 Å². The Labute approximate surface area is 97.2 Å². The second kappa shape index (κ2) is 5.01. The van der Waals surface area contributed by atoms with Crippen LogP contribution in [0.1, 0.15) is 21.5 Å². The second-order valence-electron chi connectivity index (χ2n) is 2.69. The first-order valence-corrected chi connectivity index (χ1v) is 4.92. The zero-order valence-electron chi connectivity index (χ0n) is 7.88. The van der Waals surface area contributed by atoms with Gasteiger partial charge in [0.25, 0.3) is 0 Å². The van der Waals surface area contributed by atoms with Gasteiger partial charge < -0.3 is 4.74 Å². The van der Waals surface area contributed by atoms with E-state index in [1.807, 2.05) is 6.07 Å². The third kappa shape index (κ3) is 2.23. The molecule has 0 heterocycles. The molecule has 0 spiro atoms. The molecule has 0 unspecified atom stereocenters. The topological polar surface area (TPSA) is 50.1 Å². The number of alkyl halides is 1. The Bertz CT molecular complexity index is 438. The molecule has 1 aromatic rings. The fraction of sp³-hybridized carbons (Fsp3) is 0.200. The zero-order valence-corrected chi connectivity index (χ0v) is 9.39. The highest BCUT2D eigenvalue weighted by Crippen LogP contribution is 2.24. The lowest BCUT2D eigenvalue weighted by molar-refractivity contribution is 0.0599. The molecular formula is C10H7Cl2NO2. The first kappa shape index (κ1) is 11.8. The van der Waals surface area contributed by atoms with Crippen molar-refractivity contribution in [3.63, 3.8) is 0 Å². The van der Waals surface area contributed by atoms with E-state index in [2.05, 4.69) is 4.74 Å². The molecule has 0 N–H and O–H groups in total. The van der Waals surface area contributed by atoms with Crippen LogP contribution in [0.3, 0.4) is 0 Å². The molecule has 0 radical (unpaired) electrons. The van der Waals surface area contributed by atoms with Crippen molar-refractivity contribution in [2.24, 2.45) is 0 Å². The quantitative estimate of drug-likeness (QED) is 0.593. The van der Waals surface area contributed by atoms with E-state index in [4.69, 9.17) is 28.5 Å². The van der Waals surface area contributed by atoms with Crippen molar-refractivity contribution in [3.05, 3.63) is 33.8 Å². The number of hydrogen-bond acceptors (Lipinski definition) is 3. The van der Waals surface area contributed by atoms with Crippen LogP contribution in [0.15, 0.2) is 12.1 Å². The van der Waals surface area contributed by atoms with Crippen LogP contribution in [0.5, 0.6) is 0 Å². The Morgan fingerprint density at radius 2 is 2.27 bits per heavy atom. The standard InChI is InChI=1S/C10H7Cl2NO2/c1-15-10(14)9-6(4-11)2-3-8(12)7(9)5-13/h2-3H,4H2,1H3. The molecule has 3 nitrogen and oxygen atoms in total. The summed E-state index contributed by atoms with van der Waals surface area (Å²) in [4.78, 5) is 11.4. The number of nitrogens with zero attached hydrogens (tertiary/aromatic N) is 1. The molecule has 0 aliphatic heterocycles. The van der Waals surface area contributed by atoms with E-state index in [-0.39, 0.29) is 22.0 Å². The SMILES string of the molecule is COC(=O)c1c(CCl)ccc(Cl)c1C#N. The maximum Gasteiger partial charge on any atom is 0.339 e. The normalized spacial score (nSPS) is 9.47. The molecule has 0 fully saturated rings. The minimum absolute atomic E-state index is 0.0988. The summed E-state index contributed by atoms with van der Waals surface area (Å²) in [5, 5.41) is 9.09. The van der Waals surface area contributed by atoms with Crippen LogP contribution in [0, 0.1) is 11.3 Å². The number of esters is 1. The molecule has 0 aliphatic rings. The minimum atomic E-state index is -0.607. The fourth-order valence-electron chi connectivity index (χ4n) is 1.18. The summed E-state index contributed by atoms with van der Waals surface area (Å²) in [6.07, 6.45) is 0. The van der Waals surface area contributed by atoms with E-state index in [1.54, 1.807) is 6.07 Å². The van der Waals surface area contributed by atoms with Crippen molar-refractivity contribution in [1.29, 1.82) is 5.26 Å². The number of benzene rings is 1. The molecular weight excluding hydrogens is 237 g/mol. The summed E-state index contributed by atoms with van der Waals surface area (Å²) in [6, 6.07) is 4.99. The van der Waals surface area contributed by atoms with Crippen molar-refractivity contribution in [2.45, 2.75) is 5.88 Å². The van der Waals surface area contributed by atoms with Crippen LogP contribution in [0.4, 0.5) is 0 Å². The van der Waals surface area contributed by atoms with E-state index in [0.29, 0.717) is 5.56 Å². The zero-order chi connectivity index (χ0) is 11.4. The molecule has 5 heteroatoms. The molecule has 0 saturated heterocycles. The molecule has 1 rings (SSSR count). The number of hydrogen-bond donors (Lipinski definition) is 0. The smallest absolute Gasteiger partial charge is 0.339 e. The lowest BCUT2D eigenvalue weighted by Crippen LogP contribution is -2.08. The summed E-state index contributed by atoms with van der Waals surface area (Å²) in [5.41, 5.74) is 0.772. The van der Waals surface area contributed by atoms with Crippen molar-refractivity contribution in [1.82, 2.24) is 0 Å². The Balaban J connectivity index is 3.49. The molecule has 0 amide bonds. The molecule has 0 aliphatic carbocycles. The summed E-state index contributed by atoms with van der Waals surface area (Å²) in [7, 11) is 1.24. The monoisotopic (exact) mass is 243 g/mol. The molecule has 0 aromatic heterocycles. The van der Waals surface area contributed by atoms with Crippen LogP contribution in [0.25, 0.3) is 0 Å². The summed E-state index contributed by atoms with van der Waals surface area (Å²) >= 11 is 11.4. The summed E-state index contributed by atoms with van der Waals surface area (Å²) in [6.45, 7) is 0. The Kier molecular flexibility index (Phi) is 3.96. The molecule has 1 aromatic carbocycles. The number of rotatable bonds is 2. The van der Waals surface area contributed by atoms with Gasteiger partial charge in [0.05, 0.1) is 23.3 Å². The number of methoxy groups -OCH3 is 1. The van der Waals surface area contributed by atoms with E-state index < -0.39 is 5.97 Å². The van der Waals surface area contributed by atoms with E-state index in [1.165, 1.54) is 13.2 Å². The Morgan fingerprint density at radius 1 is 1.60 bits per heavy atom. The van der Waals surface area contributed by atoms with Gasteiger partial charge in [-0.15, -0.1) is 11.6 Å². The summed E-state index contributed by atoms with van der Waals surface area (Å²) in [5.74, 6) is -0.485. The Hall–Kier alpha value is -1.24. The van der Waals surface area contributed by atoms with Gasteiger partial charge >= 0.3 is 5.97 Å². The van der Waals surface area contributed by atoms with Gasteiger partial charge in [-0.05, 0) is 11.6 Å². The maximum absolute atomic E-state index is 11.4. The van der Waals surface area contributed by atoms with Gasteiger partial charge in [-0.1, -0.05) is 17.7 Å². The van der Waals surface area contributed by atoms with Crippen molar-refractivity contribution in [3.8, 4) is 6.07 Å². The predicted molar refractivity (Wildman–Crippen MR) is 57.1 cm³/mol. The number of carbonyl (C=O) groups is 1. The van der Waals surface area contributed by atoms with Gasteiger partial charge in [0.2, 0.25) is 0 Å². The highest BCUT2D eigenvalue weighted by atomic mass is 35.5. The summed E-state index contributed by atoms with van der Waals surface area (Å²) < 4.78 is 4.57. The van der Waals surface area contributed by atoms with Gasteiger partial charge in [-0.3, -0.25) is 0 Å². The third-order valence-electron chi connectivity index (χ3n) is 1.89. The number of carbonyl (C=O) groups excluding carboxylic acids is 1. The third-order valence-corrected chi connectivity index (χ3v) is 2.49. The van der Waals surface area contributed by atoms with Crippen LogP contribution < -0.4 is 0 Å². The first-order valence-electron chi connectivity index (χ1n) is 4.01. The van der Waals surface area contributed by atoms with E-state index in [0.717, 1.165) is 0 Å². The number of halogens is 2. The van der Waals surface area contributed by atoms with E-state index >= 15 is 0 Å². The lowest BCUT2D eigenvalue weighted by atomic mass is 10.0. The largest absolute Gasteiger partial charge is 0.465 e. The average Bonchev–Trinajstić information content (AvgIpc) is 2.27. The highest BCUT2D eigenvalue weighted by molar-refractivity contribution is 6.32.